The normalized spacial score (nSPS) is 12.4. The van der Waals surface area contributed by atoms with Crippen molar-refractivity contribution in [3.05, 3.63) is 94.2 Å². The van der Waals surface area contributed by atoms with E-state index in [1.54, 1.807) is 30.0 Å². The third-order valence-electron chi connectivity index (χ3n) is 6.59. The van der Waals surface area contributed by atoms with Crippen molar-refractivity contribution in [2.75, 3.05) is 41.8 Å². The predicted octanol–water partition coefficient (Wildman–Crippen LogP) is 5.11. The van der Waals surface area contributed by atoms with E-state index >= 15 is 0 Å². The summed E-state index contributed by atoms with van der Waals surface area (Å²) in [5.41, 5.74) is 9.48. The second-order valence-corrected chi connectivity index (χ2v) is 10.2. The Morgan fingerprint density at radius 3 is 2.71 bits per heavy atom. The van der Waals surface area contributed by atoms with Gasteiger partial charge in [0.15, 0.2) is 0 Å². The van der Waals surface area contributed by atoms with E-state index in [2.05, 4.69) is 10.3 Å². The van der Waals surface area contributed by atoms with Gasteiger partial charge >= 0.3 is 0 Å². The van der Waals surface area contributed by atoms with Crippen LogP contribution in [0.25, 0.3) is 10.4 Å². The summed E-state index contributed by atoms with van der Waals surface area (Å²) >= 11 is 1.35. The van der Waals surface area contributed by atoms with Gasteiger partial charge in [0.05, 0.1) is 16.3 Å². The molecule has 0 radical (unpaired) electrons. The number of hydrogen-bond acceptors (Lipinski definition) is 6. The molecule has 3 heterocycles. The summed E-state index contributed by atoms with van der Waals surface area (Å²) < 4.78 is 14.3. The van der Waals surface area contributed by atoms with Crippen LogP contribution in [0, 0.1) is 12.7 Å². The fraction of sp³-hybridized carbons (Fsp3) is 0.207. The first kappa shape index (κ1) is 25.6. The van der Waals surface area contributed by atoms with Crippen LogP contribution in [0.1, 0.15) is 31.3 Å². The van der Waals surface area contributed by atoms with Crippen molar-refractivity contribution in [2.45, 2.75) is 13.3 Å². The monoisotopic (exact) mass is 529 g/mol. The highest BCUT2D eigenvalue weighted by molar-refractivity contribution is 7.17. The lowest BCUT2D eigenvalue weighted by molar-refractivity contribution is 0.0981. The van der Waals surface area contributed by atoms with Gasteiger partial charge in [0.1, 0.15) is 17.3 Å². The van der Waals surface area contributed by atoms with Crippen LogP contribution in [0.3, 0.4) is 0 Å². The Kier molecular flexibility index (Phi) is 7.22. The molecule has 0 bridgehead atoms. The van der Waals surface area contributed by atoms with Gasteiger partial charge in [0, 0.05) is 37.1 Å². The third kappa shape index (κ3) is 4.90. The van der Waals surface area contributed by atoms with E-state index in [9.17, 15) is 14.0 Å². The molecule has 38 heavy (non-hydrogen) atoms. The van der Waals surface area contributed by atoms with Gasteiger partial charge in [-0.15, -0.1) is 11.3 Å². The van der Waals surface area contributed by atoms with Crippen molar-refractivity contribution in [2.24, 2.45) is 5.73 Å². The van der Waals surface area contributed by atoms with Crippen molar-refractivity contribution in [3.8, 4) is 10.4 Å². The van der Waals surface area contributed by atoms with E-state index in [0.717, 1.165) is 21.7 Å². The van der Waals surface area contributed by atoms with E-state index in [1.807, 2.05) is 54.4 Å². The first-order valence-corrected chi connectivity index (χ1v) is 13.2. The standard InChI is InChI=1S/C29H28FN5O2S/c1-18-7-5-9-21(30)26(18)33-28(36)24-17-19-13-15-35(23-11-4-3-8-20(23)27(19)38-24)29(37)22-10-6-12-25(32-22)34(2)16-14-31/h3-12,17H,13-16,31H2,1-2H3,(H,33,36). The number of amides is 2. The van der Waals surface area contributed by atoms with Gasteiger partial charge in [0.25, 0.3) is 11.8 Å². The maximum atomic E-state index is 14.3. The van der Waals surface area contributed by atoms with Gasteiger partial charge in [-0.2, -0.15) is 0 Å². The van der Waals surface area contributed by atoms with E-state index in [-0.39, 0.29) is 17.5 Å². The molecule has 0 fully saturated rings. The predicted molar refractivity (Wildman–Crippen MR) is 151 cm³/mol. The fourth-order valence-electron chi connectivity index (χ4n) is 4.59. The number of anilines is 3. The number of likely N-dealkylation sites (N-methyl/N-ethyl adjacent to an activating group) is 1. The zero-order chi connectivity index (χ0) is 26.8. The fourth-order valence-corrected chi connectivity index (χ4v) is 5.73. The Morgan fingerprint density at radius 1 is 1.13 bits per heavy atom. The first-order chi connectivity index (χ1) is 18.4. The Hall–Kier alpha value is -4.08. The minimum atomic E-state index is -0.470. The molecule has 0 saturated heterocycles. The average molecular weight is 530 g/mol. The number of fused-ring (bicyclic) bond motifs is 3. The minimum absolute atomic E-state index is 0.185. The molecule has 3 N–H and O–H groups in total. The molecule has 194 valence electrons. The van der Waals surface area contributed by atoms with Crippen LogP contribution in [0.2, 0.25) is 0 Å². The summed E-state index contributed by atoms with van der Waals surface area (Å²) in [5.74, 6) is -0.333. The van der Waals surface area contributed by atoms with Crippen LogP contribution in [0.4, 0.5) is 21.6 Å². The summed E-state index contributed by atoms with van der Waals surface area (Å²) in [6, 6.07) is 19.6. The van der Waals surface area contributed by atoms with E-state index in [1.165, 1.54) is 17.4 Å². The molecule has 0 unspecified atom stereocenters. The number of hydrogen-bond donors (Lipinski definition) is 2. The van der Waals surface area contributed by atoms with Gasteiger partial charge in [-0.05, 0) is 54.8 Å². The second-order valence-electron chi connectivity index (χ2n) is 9.17. The molecule has 7 nitrogen and oxygen atoms in total. The number of aromatic nitrogens is 1. The quantitative estimate of drug-likeness (QED) is 0.362. The van der Waals surface area contributed by atoms with Crippen LogP contribution in [-0.2, 0) is 6.42 Å². The highest BCUT2D eigenvalue weighted by Gasteiger charge is 2.28. The van der Waals surface area contributed by atoms with Crippen LogP contribution in [-0.4, -0.2) is 43.5 Å². The van der Waals surface area contributed by atoms with Crippen molar-refractivity contribution in [1.29, 1.82) is 0 Å². The molecule has 1 aliphatic heterocycles. The highest BCUT2D eigenvalue weighted by atomic mass is 32.1. The Bertz CT molecular complexity index is 1500. The molecule has 0 saturated carbocycles. The number of para-hydroxylation sites is 2. The van der Waals surface area contributed by atoms with Gasteiger partial charge in [-0.25, -0.2) is 9.37 Å². The molecule has 4 aromatic rings. The lowest BCUT2D eigenvalue weighted by Gasteiger charge is -2.23. The number of rotatable bonds is 6. The van der Waals surface area contributed by atoms with E-state index < -0.39 is 5.82 Å². The van der Waals surface area contributed by atoms with Crippen LogP contribution < -0.4 is 20.9 Å². The van der Waals surface area contributed by atoms with Crippen molar-refractivity contribution in [3.63, 3.8) is 0 Å². The molecule has 2 aromatic heterocycles. The molecular weight excluding hydrogens is 501 g/mol. The molecule has 2 aromatic carbocycles. The molecule has 0 spiro atoms. The Labute approximate surface area is 224 Å². The number of nitrogens with zero attached hydrogens (tertiary/aromatic N) is 3. The number of nitrogens with two attached hydrogens (primary N) is 1. The zero-order valence-corrected chi connectivity index (χ0v) is 22.0. The summed E-state index contributed by atoms with van der Waals surface area (Å²) in [7, 11) is 1.89. The number of benzene rings is 2. The minimum Gasteiger partial charge on any atom is -0.358 e. The van der Waals surface area contributed by atoms with Gasteiger partial charge in [-0.1, -0.05) is 36.4 Å². The zero-order valence-electron chi connectivity index (χ0n) is 21.2. The number of nitrogens with one attached hydrogen (secondary N) is 1. The lowest BCUT2D eigenvalue weighted by atomic mass is 10.1. The summed E-state index contributed by atoms with van der Waals surface area (Å²) in [6.45, 7) is 3.30. The van der Waals surface area contributed by atoms with Crippen molar-refractivity contribution in [1.82, 2.24) is 4.98 Å². The smallest absolute Gasteiger partial charge is 0.276 e. The second kappa shape index (κ2) is 10.7. The third-order valence-corrected chi connectivity index (χ3v) is 7.80. The van der Waals surface area contributed by atoms with Crippen LogP contribution in [0.15, 0.2) is 66.7 Å². The molecule has 1 aliphatic rings. The number of carbonyl (C=O) groups excluding carboxylic acids is 2. The maximum absolute atomic E-state index is 14.3. The molecule has 5 rings (SSSR count). The van der Waals surface area contributed by atoms with Gasteiger partial charge in [-0.3, -0.25) is 9.59 Å². The molecular formula is C29H28FN5O2S. The largest absolute Gasteiger partial charge is 0.358 e. The highest BCUT2D eigenvalue weighted by Crippen LogP contribution is 2.42. The van der Waals surface area contributed by atoms with Crippen molar-refractivity contribution >= 4 is 40.3 Å². The molecule has 2 amide bonds. The number of halogens is 1. The number of thiophene rings is 1. The SMILES string of the molecule is Cc1cccc(F)c1NC(=O)c1cc2c(s1)-c1ccccc1N(C(=O)c1cccc(N(C)CCN)n1)CC2. The first-order valence-electron chi connectivity index (χ1n) is 12.4. The Morgan fingerprint density at radius 2 is 1.92 bits per heavy atom. The van der Waals surface area contributed by atoms with E-state index in [4.69, 9.17) is 5.73 Å². The summed E-state index contributed by atoms with van der Waals surface area (Å²) in [4.78, 5) is 36.4. The number of aryl methyl sites for hydroxylation is 1. The Balaban J connectivity index is 1.46. The van der Waals surface area contributed by atoms with E-state index in [0.29, 0.717) is 48.0 Å². The molecule has 0 aliphatic carbocycles. The number of pyridine rings is 1. The molecule has 9 heteroatoms. The van der Waals surface area contributed by atoms with Crippen LogP contribution in [0.5, 0.6) is 0 Å². The summed E-state index contributed by atoms with van der Waals surface area (Å²) in [5, 5.41) is 2.73. The van der Waals surface area contributed by atoms with Crippen LogP contribution >= 0.6 is 11.3 Å². The average Bonchev–Trinajstić information content (AvgIpc) is 3.29. The molecule has 0 atom stereocenters. The summed E-state index contributed by atoms with van der Waals surface area (Å²) in [6.07, 6.45) is 0.561. The maximum Gasteiger partial charge on any atom is 0.276 e. The van der Waals surface area contributed by atoms with Crippen molar-refractivity contribution < 1.29 is 14.0 Å². The number of carbonyl (C=O) groups is 2. The topological polar surface area (TPSA) is 91.6 Å². The van der Waals surface area contributed by atoms with Gasteiger partial charge in [0.2, 0.25) is 0 Å². The van der Waals surface area contributed by atoms with Gasteiger partial charge < -0.3 is 20.9 Å². The lowest BCUT2D eigenvalue weighted by Crippen LogP contribution is -2.33.